The third-order valence-corrected chi connectivity index (χ3v) is 3.72. The summed E-state index contributed by atoms with van der Waals surface area (Å²) in [6, 6.07) is 9.62. The van der Waals surface area contributed by atoms with Crippen molar-refractivity contribution in [1.29, 1.82) is 0 Å². The summed E-state index contributed by atoms with van der Waals surface area (Å²) < 4.78 is 0. The fraction of sp³-hybridized carbons (Fsp3) is 0.400. The van der Waals surface area contributed by atoms with Gasteiger partial charge < -0.3 is 4.90 Å². The first-order chi connectivity index (χ1) is 8.75. The van der Waals surface area contributed by atoms with Gasteiger partial charge in [0.1, 0.15) is 0 Å². The van der Waals surface area contributed by atoms with Crippen molar-refractivity contribution in [2.45, 2.75) is 12.8 Å². The van der Waals surface area contributed by atoms with Crippen molar-refractivity contribution >= 4 is 5.78 Å². The minimum absolute atomic E-state index is 0.198. The zero-order valence-corrected chi connectivity index (χ0v) is 10.7. The molecule has 0 amide bonds. The Balaban J connectivity index is 1.97. The Kier molecular flexibility index (Phi) is 2.92. The number of benzene rings is 1. The predicted octanol–water partition coefficient (Wildman–Crippen LogP) is 2.12. The van der Waals surface area contributed by atoms with Gasteiger partial charge in [0, 0.05) is 29.9 Å². The summed E-state index contributed by atoms with van der Waals surface area (Å²) in [7, 11) is 2.08. The first-order valence-electron chi connectivity index (χ1n) is 6.51. The van der Waals surface area contributed by atoms with E-state index in [1.807, 2.05) is 30.3 Å². The van der Waals surface area contributed by atoms with Crippen LogP contribution in [0.4, 0.5) is 0 Å². The molecule has 2 heterocycles. The van der Waals surface area contributed by atoms with E-state index < -0.39 is 0 Å². The molecule has 3 nitrogen and oxygen atoms in total. The molecule has 0 unspecified atom stereocenters. The third kappa shape index (κ3) is 1.95. The molecular formula is C15H18N2O. The van der Waals surface area contributed by atoms with Gasteiger partial charge in [0.15, 0.2) is 5.78 Å². The third-order valence-electron chi connectivity index (χ3n) is 3.72. The van der Waals surface area contributed by atoms with E-state index in [9.17, 15) is 4.79 Å². The molecule has 94 valence electrons. The number of hydrogen-bond acceptors (Lipinski definition) is 3. The van der Waals surface area contributed by atoms with Gasteiger partial charge in [-0.15, -0.1) is 0 Å². The van der Waals surface area contributed by atoms with Crippen molar-refractivity contribution in [3.8, 4) is 0 Å². The second-order valence-corrected chi connectivity index (χ2v) is 5.14. The van der Waals surface area contributed by atoms with Crippen LogP contribution in [0.5, 0.6) is 0 Å². The lowest BCUT2D eigenvalue weighted by Gasteiger charge is -2.34. The molecule has 0 radical (unpaired) electrons. The maximum atomic E-state index is 12.6. The Hall–Kier alpha value is -1.61. The Morgan fingerprint density at radius 2 is 2.00 bits per heavy atom. The molecule has 1 aromatic rings. The summed E-state index contributed by atoms with van der Waals surface area (Å²) in [4.78, 5) is 17.1. The number of nitrogens with zero attached hydrogens (tertiary/aromatic N) is 2. The van der Waals surface area contributed by atoms with Gasteiger partial charge in [-0.2, -0.15) is 0 Å². The van der Waals surface area contributed by atoms with E-state index in [2.05, 4.69) is 16.8 Å². The van der Waals surface area contributed by atoms with Gasteiger partial charge in [0.25, 0.3) is 0 Å². The van der Waals surface area contributed by atoms with E-state index in [0.717, 1.165) is 37.3 Å². The molecule has 0 aromatic heterocycles. The standard InChI is InChI=1S/C15H18N2O/c1-16-10-13(14-8-5-9-17(14)11-16)15(18)12-6-3-2-4-7-12/h2-4,6-7H,5,8-11H2,1H3. The van der Waals surface area contributed by atoms with Crippen LogP contribution in [0.2, 0.25) is 0 Å². The second-order valence-electron chi connectivity index (χ2n) is 5.14. The van der Waals surface area contributed by atoms with E-state index in [4.69, 9.17) is 0 Å². The van der Waals surface area contributed by atoms with Crippen molar-refractivity contribution in [2.75, 3.05) is 26.8 Å². The largest absolute Gasteiger partial charge is 0.361 e. The second kappa shape index (κ2) is 4.58. The summed E-state index contributed by atoms with van der Waals surface area (Å²) >= 11 is 0. The smallest absolute Gasteiger partial charge is 0.192 e. The summed E-state index contributed by atoms with van der Waals surface area (Å²) in [6.45, 7) is 2.83. The van der Waals surface area contributed by atoms with Crippen LogP contribution < -0.4 is 0 Å². The molecule has 0 saturated carbocycles. The summed E-state index contributed by atoms with van der Waals surface area (Å²) in [5.41, 5.74) is 3.08. The maximum absolute atomic E-state index is 12.6. The van der Waals surface area contributed by atoms with E-state index in [1.54, 1.807) is 0 Å². The van der Waals surface area contributed by atoms with Crippen LogP contribution in [-0.2, 0) is 0 Å². The molecule has 1 aromatic carbocycles. The van der Waals surface area contributed by atoms with Gasteiger partial charge >= 0.3 is 0 Å². The molecule has 0 atom stereocenters. The highest BCUT2D eigenvalue weighted by atomic mass is 16.1. The minimum atomic E-state index is 0.198. The zero-order valence-electron chi connectivity index (χ0n) is 10.7. The summed E-state index contributed by atoms with van der Waals surface area (Å²) in [6.07, 6.45) is 2.23. The van der Waals surface area contributed by atoms with Gasteiger partial charge in [-0.05, 0) is 19.9 Å². The molecule has 0 spiro atoms. The number of hydrogen-bond donors (Lipinski definition) is 0. The number of ketones is 1. The monoisotopic (exact) mass is 242 g/mol. The highest BCUT2D eigenvalue weighted by Crippen LogP contribution is 2.29. The molecular weight excluding hydrogens is 224 g/mol. The number of Topliss-reactive ketones (excluding diaryl/α,β-unsaturated/α-hetero) is 1. The Labute approximate surface area is 108 Å². The van der Waals surface area contributed by atoms with Crippen LogP contribution in [0.15, 0.2) is 41.6 Å². The van der Waals surface area contributed by atoms with Crippen LogP contribution in [0, 0.1) is 0 Å². The average molecular weight is 242 g/mol. The first kappa shape index (κ1) is 11.5. The predicted molar refractivity (Wildman–Crippen MR) is 71.2 cm³/mol. The lowest BCUT2D eigenvalue weighted by atomic mass is 9.99. The van der Waals surface area contributed by atoms with Crippen molar-refractivity contribution in [1.82, 2.24) is 9.80 Å². The summed E-state index contributed by atoms with van der Waals surface area (Å²) in [5.74, 6) is 0.198. The van der Waals surface area contributed by atoms with Crippen LogP contribution in [0.1, 0.15) is 23.2 Å². The lowest BCUT2D eigenvalue weighted by molar-refractivity contribution is 0.0995. The Morgan fingerprint density at radius 1 is 1.22 bits per heavy atom. The van der Waals surface area contributed by atoms with Gasteiger partial charge in [-0.3, -0.25) is 9.69 Å². The Morgan fingerprint density at radius 3 is 2.78 bits per heavy atom. The molecule has 1 saturated heterocycles. The number of fused-ring (bicyclic) bond motifs is 1. The molecule has 1 fully saturated rings. The van der Waals surface area contributed by atoms with Crippen molar-refractivity contribution in [3.05, 3.63) is 47.2 Å². The van der Waals surface area contributed by atoms with Crippen molar-refractivity contribution < 1.29 is 4.79 Å². The summed E-state index contributed by atoms with van der Waals surface area (Å²) in [5, 5.41) is 0. The quantitative estimate of drug-likeness (QED) is 0.742. The first-order valence-corrected chi connectivity index (χ1v) is 6.51. The van der Waals surface area contributed by atoms with Crippen molar-refractivity contribution in [2.24, 2.45) is 0 Å². The fourth-order valence-electron chi connectivity index (χ4n) is 2.90. The molecule has 2 aliphatic rings. The SMILES string of the molecule is CN1CC(C(=O)c2ccccc2)=C2CCCN2C1. The highest BCUT2D eigenvalue weighted by molar-refractivity contribution is 6.09. The lowest BCUT2D eigenvalue weighted by Crippen LogP contribution is -2.41. The van der Waals surface area contributed by atoms with Crippen molar-refractivity contribution in [3.63, 3.8) is 0 Å². The topological polar surface area (TPSA) is 23.6 Å². The van der Waals surface area contributed by atoms with Gasteiger partial charge in [0.05, 0.1) is 6.67 Å². The van der Waals surface area contributed by atoms with Crippen LogP contribution >= 0.6 is 0 Å². The van der Waals surface area contributed by atoms with Crippen LogP contribution in [-0.4, -0.2) is 42.4 Å². The molecule has 3 rings (SSSR count). The number of carbonyl (C=O) groups is 1. The molecule has 0 N–H and O–H groups in total. The van der Waals surface area contributed by atoms with E-state index in [1.165, 1.54) is 12.1 Å². The molecule has 18 heavy (non-hydrogen) atoms. The molecule has 0 aliphatic carbocycles. The number of carbonyl (C=O) groups excluding carboxylic acids is 1. The average Bonchev–Trinajstić information content (AvgIpc) is 2.86. The zero-order chi connectivity index (χ0) is 12.5. The van der Waals surface area contributed by atoms with Gasteiger partial charge in [0.2, 0.25) is 0 Å². The number of rotatable bonds is 2. The molecule has 0 bridgehead atoms. The highest BCUT2D eigenvalue weighted by Gasteiger charge is 2.30. The van der Waals surface area contributed by atoms with Crippen LogP contribution in [0.25, 0.3) is 0 Å². The van der Waals surface area contributed by atoms with Gasteiger partial charge in [-0.1, -0.05) is 30.3 Å². The number of allylic oxidation sites excluding steroid dienone is 1. The molecule has 2 aliphatic heterocycles. The van der Waals surface area contributed by atoms with Crippen LogP contribution in [0.3, 0.4) is 0 Å². The van der Waals surface area contributed by atoms with E-state index in [0.29, 0.717) is 0 Å². The Bertz CT molecular complexity index is 492. The maximum Gasteiger partial charge on any atom is 0.192 e. The molecule has 3 heteroatoms. The minimum Gasteiger partial charge on any atom is -0.361 e. The van der Waals surface area contributed by atoms with E-state index in [-0.39, 0.29) is 5.78 Å². The fourth-order valence-corrected chi connectivity index (χ4v) is 2.90. The van der Waals surface area contributed by atoms with E-state index >= 15 is 0 Å². The normalized spacial score (nSPS) is 20.2. The number of likely N-dealkylation sites (N-methyl/N-ethyl adjacent to an activating group) is 1. The van der Waals surface area contributed by atoms with Gasteiger partial charge in [-0.25, -0.2) is 0 Å².